The van der Waals surface area contributed by atoms with E-state index in [1.165, 1.54) is 0 Å². The topological polar surface area (TPSA) is 55.4 Å². The Morgan fingerprint density at radius 3 is 0.818 bits per heavy atom. The highest BCUT2D eigenvalue weighted by molar-refractivity contribution is 6.75. The van der Waals surface area contributed by atoms with Crippen molar-refractivity contribution in [2.45, 2.75) is 41.5 Å². The smallest absolute Gasteiger partial charge is 0.370 e. The number of rotatable bonds is 14. The molecule has 2 aromatic carbocycles. The summed E-state index contributed by atoms with van der Waals surface area (Å²) in [6.07, 6.45) is 0. The molecule has 0 unspecified atom stereocenters. The third-order valence-corrected chi connectivity index (χ3v) is 10.4. The maximum atomic E-state index is 5.79. The molecule has 0 aliphatic carbocycles. The molecule has 0 amide bonds. The molecule has 9 heteroatoms. The van der Waals surface area contributed by atoms with Crippen molar-refractivity contribution in [2.75, 3.05) is 39.6 Å². The van der Waals surface area contributed by atoms with E-state index in [2.05, 4.69) is 0 Å². The molecule has 0 radical (unpaired) electrons. The SMILES string of the molecule is CCO[Si](OCC)(OCC)c1ccccc1.CCO[Si](OCC)(OCC)c1ccccc1.[SiH4]. The number of benzene rings is 2. The van der Waals surface area contributed by atoms with Crippen molar-refractivity contribution in [1.29, 1.82) is 0 Å². The van der Waals surface area contributed by atoms with Crippen LogP contribution in [0.15, 0.2) is 60.7 Å². The van der Waals surface area contributed by atoms with Gasteiger partial charge in [0.15, 0.2) is 0 Å². The third kappa shape index (κ3) is 9.93. The maximum absolute atomic E-state index is 5.79. The van der Waals surface area contributed by atoms with Crippen molar-refractivity contribution in [3.05, 3.63) is 60.7 Å². The van der Waals surface area contributed by atoms with Gasteiger partial charge < -0.3 is 26.6 Å². The van der Waals surface area contributed by atoms with Crippen molar-refractivity contribution >= 4 is 38.9 Å². The van der Waals surface area contributed by atoms with Crippen LogP contribution in [0.5, 0.6) is 0 Å². The molecule has 0 heterocycles. The van der Waals surface area contributed by atoms with Gasteiger partial charge in [-0.25, -0.2) is 0 Å². The fourth-order valence-corrected chi connectivity index (χ4v) is 8.16. The third-order valence-electron chi connectivity index (χ3n) is 4.26. The Labute approximate surface area is 207 Å². The molecule has 0 atom stereocenters. The van der Waals surface area contributed by atoms with Gasteiger partial charge in [0.2, 0.25) is 0 Å². The van der Waals surface area contributed by atoms with Crippen molar-refractivity contribution in [3.8, 4) is 0 Å². The second-order valence-electron chi connectivity index (χ2n) is 6.44. The highest BCUT2D eigenvalue weighted by Crippen LogP contribution is 2.11. The summed E-state index contributed by atoms with van der Waals surface area (Å²) in [6, 6.07) is 19.9. The fraction of sp³-hybridized carbons (Fsp3) is 0.500. The van der Waals surface area contributed by atoms with E-state index in [9.17, 15) is 0 Å². The first kappa shape index (κ1) is 31.9. The van der Waals surface area contributed by atoms with Crippen LogP contribution in [0.4, 0.5) is 0 Å². The van der Waals surface area contributed by atoms with Crippen LogP contribution in [0.2, 0.25) is 0 Å². The minimum Gasteiger partial charge on any atom is -0.370 e. The molecule has 0 spiro atoms. The summed E-state index contributed by atoms with van der Waals surface area (Å²) in [5.74, 6) is 0. The molecule has 2 rings (SSSR count). The quantitative estimate of drug-likeness (QED) is 0.363. The lowest BCUT2D eigenvalue weighted by molar-refractivity contribution is 0.0851. The number of hydrogen-bond donors (Lipinski definition) is 0. The molecule has 0 bridgehead atoms. The summed E-state index contributed by atoms with van der Waals surface area (Å²) < 4.78 is 34.7. The lowest BCUT2D eigenvalue weighted by Crippen LogP contribution is -2.56. The van der Waals surface area contributed by atoms with Gasteiger partial charge in [0, 0.05) is 50.0 Å². The van der Waals surface area contributed by atoms with E-state index in [-0.39, 0.29) is 11.0 Å². The highest BCUT2D eigenvalue weighted by Gasteiger charge is 2.43. The van der Waals surface area contributed by atoms with Crippen LogP contribution in [-0.4, -0.2) is 68.2 Å². The first-order valence-corrected chi connectivity index (χ1v) is 15.0. The Morgan fingerprint density at radius 2 is 0.636 bits per heavy atom. The summed E-state index contributed by atoms with van der Waals surface area (Å²) in [4.78, 5) is 0. The van der Waals surface area contributed by atoms with E-state index >= 15 is 0 Å². The van der Waals surface area contributed by atoms with Gasteiger partial charge in [-0.05, 0) is 52.5 Å². The monoisotopic (exact) mass is 512 g/mol. The first-order chi connectivity index (χ1) is 15.6. The minimum atomic E-state index is -2.67. The molecule has 2 aromatic rings. The van der Waals surface area contributed by atoms with E-state index < -0.39 is 17.6 Å². The Morgan fingerprint density at radius 1 is 0.424 bits per heavy atom. The van der Waals surface area contributed by atoms with Crippen LogP contribution in [0, 0.1) is 0 Å². The van der Waals surface area contributed by atoms with Gasteiger partial charge in [-0.1, -0.05) is 60.7 Å². The van der Waals surface area contributed by atoms with Crippen LogP contribution < -0.4 is 10.4 Å². The Balaban J connectivity index is 0.000000602. The van der Waals surface area contributed by atoms with Gasteiger partial charge in [-0.15, -0.1) is 0 Å². The van der Waals surface area contributed by atoms with Gasteiger partial charge in [0.1, 0.15) is 0 Å². The minimum absolute atomic E-state index is 0. The van der Waals surface area contributed by atoms with Gasteiger partial charge in [-0.3, -0.25) is 0 Å². The molecule has 6 nitrogen and oxygen atoms in total. The van der Waals surface area contributed by atoms with Crippen molar-refractivity contribution in [1.82, 2.24) is 0 Å². The van der Waals surface area contributed by atoms with Gasteiger partial charge in [-0.2, -0.15) is 0 Å². The average molecular weight is 513 g/mol. The Bertz CT molecular complexity index is 610. The van der Waals surface area contributed by atoms with Crippen LogP contribution >= 0.6 is 0 Å². The summed E-state index contributed by atoms with van der Waals surface area (Å²) in [5.41, 5.74) is 0. The van der Waals surface area contributed by atoms with Gasteiger partial charge >= 0.3 is 17.6 Å². The van der Waals surface area contributed by atoms with E-state index in [0.717, 1.165) is 10.4 Å². The zero-order valence-corrected chi connectivity index (χ0v) is 22.5. The molecule has 33 heavy (non-hydrogen) atoms. The van der Waals surface area contributed by atoms with Crippen LogP contribution in [-0.2, 0) is 26.6 Å². The second-order valence-corrected chi connectivity index (χ2v) is 11.6. The zero-order valence-electron chi connectivity index (χ0n) is 20.5. The zero-order chi connectivity index (χ0) is 23.7. The molecular formula is C24H44O6Si3. The largest absolute Gasteiger partial charge is 0.537 e. The Hall–Kier alpha value is -1.15. The van der Waals surface area contributed by atoms with Crippen LogP contribution in [0.25, 0.3) is 0 Å². The summed E-state index contributed by atoms with van der Waals surface area (Å²) >= 11 is 0. The molecule has 0 saturated carbocycles. The van der Waals surface area contributed by atoms with Gasteiger partial charge in [0.05, 0.1) is 0 Å². The second kappa shape index (κ2) is 18.2. The normalized spacial score (nSPS) is 11.3. The molecule has 0 aliphatic rings. The van der Waals surface area contributed by atoms with Crippen LogP contribution in [0.3, 0.4) is 0 Å². The van der Waals surface area contributed by atoms with Crippen molar-refractivity contribution in [2.24, 2.45) is 0 Å². The highest BCUT2D eigenvalue weighted by atomic mass is 28.4. The van der Waals surface area contributed by atoms with Crippen molar-refractivity contribution in [3.63, 3.8) is 0 Å². The predicted octanol–water partition coefficient (Wildman–Crippen LogP) is 2.43. The fourth-order valence-electron chi connectivity index (χ4n) is 3.17. The van der Waals surface area contributed by atoms with E-state index in [1.807, 2.05) is 102 Å². The maximum Gasteiger partial charge on any atom is 0.537 e. The molecule has 0 N–H and O–H groups in total. The predicted molar refractivity (Wildman–Crippen MR) is 145 cm³/mol. The molecule has 0 aromatic heterocycles. The summed E-state index contributed by atoms with van der Waals surface area (Å²) in [5, 5.41) is 2.06. The van der Waals surface area contributed by atoms with E-state index in [1.54, 1.807) is 0 Å². The lowest BCUT2D eigenvalue weighted by atomic mass is 10.4. The molecule has 0 fully saturated rings. The van der Waals surface area contributed by atoms with Gasteiger partial charge in [0.25, 0.3) is 0 Å². The number of hydrogen-bond acceptors (Lipinski definition) is 6. The van der Waals surface area contributed by atoms with E-state index in [0.29, 0.717) is 39.6 Å². The first-order valence-electron chi connectivity index (χ1n) is 11.5. The molecule has 0 saturated heterocycles. The molecular weight excluding hydrogens is 469 g/mol. The summed E-state index contributed by atoms with van der Waals surface area (Å²) in [7, 11) is -5.34. The van der Waals surface area contributed by atoms with E-state index in [4.69, 9.17) is 26.6 Å². The van der Waals surface area contributed by atoms with Crippen LogP contribution in [0.1, 0.15) is 41.5 Å². The standard InChI is InChI=1S/2C12H20O3Si.H4Si/c2*1-4-13-16(14-5-2,15-6-3)12-10-8-7-9-11-12;/h2*7-11H,4-6H2,1-3H3;1H4. The molecule has 0 aliphatic heterocycles. The van der Waals surface area contributed by atoms with Crippen molar-refractivity contribution < 1.29 is 26.6 Å². The molecule has 188 valence electrons. The average Bonchev–Trinajstić information content (AvgIpc) is 2.81. The Kier molecular flexibility index (Phi) is 17.6. The summed E-state index contributed by atoms with van der Waals surface area (Å²) in [6.45, 7) is 15.4. The lowest BCUT2D eigenvalue weighted by Gasteiger charge is -2.28.